The van der Waals surface area contributed by atoms with E-state index in [0.717, 1.165) is 16.9 Å². The van der Waals surface area contributed by atoms with E-state index in [2.05, 4.69) is 5.32 Å². The Hall–Kier alpha value is -2.05. The molecule has 4 nitrogen and oxygen atoms in total. The molecule has 0 aromatic heterocycles. The number of halogens is 2. The van der Waals surface area contributed by atoms with Gasteiger partial charge in [0.2, 0.25) is 11.8 Å². The van der Waals surface area contributed by atoms with Gasteiger partial charge < -0.3 is 10.2 Å². The number of nitrogens with zero attached hydrogens (tertiary/aromatic N) is 1. The second kappa shape index (κ2) is 12.0. The minimum Gasteiger partial charge on any atom is -0.352 e. The summed E-state index contributed by atoms with van der Waals surface area (Å²) in [7, 11) is 0. The molecule has 2 aromatic rings. The molecule has 2 aromatic carbocycles. The molecule has 0 aliphatic rings. The summed E-state index contributed by atoms with van der Waals surface area (Å²) in [6.07, 6.45) is 1.29. The van der Waals surface area contributed by atoms with Crippen LogP contribution in [0.3, 0.4) is 0 Å². The Morgan fingerprint density at radius 3 is 2.27 bits per heavy atom. The number of hydrogen-bond donors (Lipinski definition) is 1. The van der Waals surface area contributed by atoms with Crippen molar-refractivity contribution in [2.75, 3.05) is 5.75 Å². The van der Waals surface area contributed by atoms with Crippen LogP contribution in [-0.2, 0) is 16.1 Å². The minimum atomic E-state index is -0.595. The van der Waals surface area contributed by atoms with Gasteiger partial charge in [0.1, 0.15) is 11.9 Å². The van der Waals surface area contributed by atoms with Crippen molar-refractivity contribution in [3.05, 3.63) is 64.9 Å². The van der Waals surface area contributed by atoms with Crippen molar-refractivity contribution < 1.29 is 14.0 Å². The first kappa shape index (κ1) is 24.2. The van der Waals surface area contributed by atoms with Crippen LogP contribution in [-0.4, -0.2) is 34.6 Å². The Morgan fingerprint density at radius 1 is 1.07 bits per heavy atom. The monoisotopic (exact) mass is 450 g/mol. The lowest BCUT2D eigenvalue weighted by atomic mass is 10.1. The molecule has 0 aliphatic heterocycles. The van der Waals surface area contributed by atoms with E-state index in [-0.39, 0.29) is 36.0 Å². The third kappa shape index (κ3) is 7.33. The van der Waals surface area contributed by atoms with Crippen LogP contribution in [0.5, 0.6) is 0 Å². The molecule has 0 radical (unpaired) electrons. The zero-order valence-electron chi connectivity index (χ0n) is 17.5. The highest BCUT2D eigenvalue weighted by molar-refractivity contribution is 8.00. The maximum absolute atomic E-state index is 13.3. The van der Waals surface area contributed by atoms with Gasteiger partial charge in [0.25, 0.3) is 0 Å². The fraction of sp³-hybridized carbons (Fsp3) is 0.391. The first-order valence-corrected chi connectivity index (χ1v) is 11.4. The summed E-state index contributed by atoms with van der Waals surface area (Å²) in [5.74, 6) is -0.462. The van der Waals surface area contributed by atoms with Crippen LogP contribution in [0, 0.1) is 5.82 Å². The molecule has 0 spiro atoms. The topological polar surface area (TPSA) is 49.4 Å². The standard InChI is InChI=1S/C23H28ClFN2O2S/c1-4-16(3)26-23(29)21(5-2)27(14-17-6-10-19(25)11-7-17)22(28)15-30-20-12-8-18(24)9-13-20/h6-13,16,21H,4-5,14-15H2,1-3H3,(H,26,29). The van der Waals surface area contributed by atoms with Crippen LogP contribution in [0.15, 0.2) is 53.4 Å². The lowest BCUT2D eigenvalue weighted by Gasteiger charge is -2.31. The number of amides is 2. The molecule has 2 unspecified atom stereocenters. The van der Waals surface area contributed by atoms with Gasteiger partial charge >= 0.3 is 0 Å². The number of rotatable bonds is 10. The van der Waals surface area contributed by atoms with E-state index in [4.69, 9.17) is 11.6 Å². The summed E-state index contributed by atoms with van der Waals surface area (Å²) >= 11 is 7.31. The number of carbonyl (C=O) groups excluding carboxylic acids is 2. The summed E-state index contributed by atoms with van der Waals surface area (Å²) < 4.78 is 13.3. The molecule has 0 bridgehead atoms. The van der Waals surface area contributed by atoms with Crippen LogP contribution < -0.4 is 5.32 Å². The van der Waals surface area contributed by atoms with Gasteiger partial charge in [-0.1, -0.05) is 37.6 Å². The maximum atomic E-state index is 13.3. The van der Waals surface area contributed by atoms with Crippen molar-refractivity contribution in [3.63, 3.8) is 0 Å². The van der Waals surface area contributed by atoms with Gasteiger partial charge in [0, 0.05) is 22.5 Å². The fourth-order valence-electron chi connectivity index (χ4n) is 2.91. The van der Waals surface area contributed by atoms with Gasteiger partial charge in [-0.25, -0.2) is 4.39 Å². The first-order valence-electron chi connectivity index (χ1n) is 10.1. The van der Waals surface area contributed by atoms with Crippen molar-refractivity contribution >= 4 is 35.2 Å². The molecule has 2 atom stereocenters. The van der Waals surface area contributed by atoms with Crippen LogP contribution in [0.25, 0.3) is 0 Å². The third-order valence-electron chi connectivity index (χ3n) is 4.83. The lowest BCUT2D eigenvalue weighted by molar-refractivity contribution is -0.139. The fourth-order valence-corrected chi connectivity index (χ4v) is 3.82. The lowest BCUT2D eigenvalue weighted by Crippen LogP contribution is -2.51. The molecule has 1 N–H and O–H groups in total. The zero-order valence-corrected chi connectivity index (χ0v) is 19.1. The van der Waals surface area contributed by atoms with Gasteiger partial charge in [0.05, 0.1) is 5.75 Å². The summed E-state index contributed by atoms with van der Waals surface area (Å²) in [6.45, 7) is 6.06. The Labute approximate surface area is 187 Å². The first-order chi connectivity index (χ1) is 14.3. The average molecular weight is 451 g/mol. The average Bonchev–Trinajstić information content (AvgIpc) is 2.74. The van der Waals surface area contributed by atoms with Crippen molar-refractivity contribution in [2.45, 2.75) is 57.1 Å². The number of thioether (sulfide) groups is 1. The minimum absolute atomic E-state index is 0.0257. The molecule has 0 saturated carbocycles. The molecule has 7 heteroatoms. The Bertz CT molecular complexity index is 830. The molecule has 2 amide bonds. The molecule has 30 heavy (non-hydrogen) atoms. The summed E-state index contributed by atoms with van der Waals surface area (Å²) in [6, 6.07) is 12.7. The van der Waals surface area contributed by atoms with Crippen LogP contribution in [0.4, 0.5) is 4.39 Å². The predicted octanol–water partition coefficient (Wildman–Crippen LogP) is 5.29. The number of benzene rings is 2. The van der Waals surface area contributed by atoms with Gasteiger partial charge in [0.15, 0.2) is 0 Å². The van der Waals surface area contributed by atoms with Gasteiger partial charge in [-0.3, -0.25) is 9.59 Å². The van der Waals surface area contributed by atoms with E-state index in [0.29, 0.717) is 11.4 Å². The van der Waals surface area contributed by atoms with E-state index in [1.54, 1.807) is 29.2 Å². The quantitative estimate of drug-likeness (QED) is 0.500. The largest absolute Gasteiger partial charge is 0.352 e. The predicted molar refractivity (Wildman–Crippen MR) is 121 cm³/mol. The van der Waals surface area contributed by atoms with E-state index < -0.39 is 6.04 Å². The van der Waals surface area contributed by atoms with E-state index in [1.165, 1.54) is 23.9 Å². The van der Waals surface area contributed by atoms with Crippen molar-refractivity contribution in [1.29, 1.82) is 0 Å². The van der Waals surface area contributed by atoms with Gasteiger partial charge in [-0.05, 0) is 61.7 Å². The van der Waals surface area contributed by atoms with Crippen molar-refractivity contribution in [3.8, 4) is 0 Å². The smallest absolute Gasteiger partial charge is 0.243 e. The number of carbonyl (C=O) groups is 2. The second-order valence-electron chi connectivity index (χ2n) is 7.13. The molecule has 0 aliphatic carbocycles. The molecule has 162 valence electrons. The Morgan fingerprint density at radius 2 is 1.70 bits per heavy atom. The van der Waals surface area contributed by atoms with Gasteiger partial charge in [-0.15, -0.1) is 11.8 Å². The van der Waals surface area contributed by atoms with E-state index in [1.807, 2.05) is 32.9 Å². The molecule has 0 fully saturated rings. The van der Waals surface area contributed by atoms with Crippen LogP contribution >= 0.6 is 23.4 Å². The Kier molecular flexibility index (Phi) is 9.66. The van der Waals surface area contributed by atoms with Crippen molar-refractivity contribution in [1.82, 2.24) is 10.2 Å². The molecule has 0 heterocycles. The highest BCUT2D eigenvalue weighted by Crippen LogP contribution is 2.22. The van der Waals surface area contributed by atoms with E-state index in [9.17, 15) is 14.0 Å². The normalized spacial score (nSPS) is 12.8. The van der Waals surface area contributed by atoms with Crippen molar-refractivity contribution in [2.24, 2.45) is 0 Å². The second-order valence-corrected chi connectivity index (χ2v) is 8.62. The Balaban J connectivity index is 2.19. The number of nitrogens with one attached hydrogen (secondary N) is 1. The molecular weight excluding hydrogens is 423 g/mol. The summed E-state index contributed by atoms with van der Waals surface area (Å²) in [5, 5.41) is 3.61. The summed E-state index contributed by atoms with van der Waals surface area (Å²) in [5.41, 5.74) is 0.774. The zero-order chi connectivity index (χ0) is 22.1. The molecule has 2 rings (SSSR count). The van der Waals surface area contributed by atoms with Crippen LogP contribution in [0.1, 0.15) is 39.2 Å². The molecular formula is C23H28ClFN2O2S. The highest BCUT2D eigenvalue weighted by Gasteiger charge is 2.29. The number of hydrogen-bond acceptors (Lipinski definition) is 3. The van der Waals surface area contributed by atoms with Gasteiger partial charge in [-0.2, -0.15) is 0 Å². The third-order valence-corrected chi connectivity index (χ3v) is 6.08. The van der Waals surface area contributed by atoms with Crippen LogP contribution in [0.2, 0.25) is 5.02 Å². The highest BCUT2D eigenvalue weighted by atomic mass is 35.5. The van der Waals surface area contributed by atoms with E-state index >= 15 is 0 Å². The maximum Gasteiger partial charge on any atom is 0.243 e. The summed E-state index contributed by atoms with van der Waals surface area (Å²) in [4.78, 5) is 28.5. The SMILES string of the molecule is CCC(C)NC(=O)C(CC)N(Cc1ccc(F)cc1)C(=O)CSc1ccc(Cl)cc1. The molecule has 0 saturated heterocycles.